The lowest BCUT2D eigenvalue weighted by Gasteiger charge is -2.24. The molecule has 0 fully saturated rings. The predicted molar refractivity (Wildman–Crippen MR) is 133 cm³/mol. The zero-order valence-electron chi connectivity index (χ0n) is 19.6. The van der Waals surface area contributed by atoms with Crippen molar-refractivity contribution in [3.8, 4) is 11.1 Å². The number of carboxylic acid groups (broad SMARTS) is 1. The molecular formula is C25H31N3O5S. The molecule has 2 aromatic carbocycles. The first-order valence-corrected chi connectivity index (χ1v) is 12.5. The number of carbonyl (C=O) groups is 3. The lowest BCUT2D eigenvalue weighted by molar-refractivity contribution is -0.142. The van der Waals surface area contributed by atoms with E-state index in [2.05, 4.69) is 22.8 Å². The van der Waals surface area contributed by atoms with Gasteiger partial charge in [0, 0.05) is 12.5 Å². The van der Waals surface area contributed by atoms with Crippen LogP contribution in [-0.2, 0) is 14.3 Å². The maximum absolute atomic E-state index is 12.8. The number of likely N-dealkylation sites (N-methyl/N-ethyl adjacent to an activating group) is 1. The largest absolute Gasteiger partial charge is 0.480 e. The van der Waals surface area contributed by atoms with E-state index in [9.17, 15) is 19.5 Å². The summed E-state index contributed by atoms with van der Waals surface area (Å²) < 4.78 is 5.55. The van der Waals surface area contributed by atoms with E-state index in [-0.39, 0.29) is 19.1 Å². The van der Waals surface area contributed by atoms with E-state index in [1.165, 1.54) is 11.8 Å². The molecule has 3 N–H and O–H groups in total. The monoisotopic (exact) mass is 485 g/mol. The first-order chi connectivity index (χ1) is 16.3. The molecule has 2 atom stereocenters. The minimum absolute atomic E-state index is 0.0952. The predicted octanol–water partition coefficient (Wildman–Crippen LogP) is 2.78. The van der Waals surface area contributed by atoms with E-state index in [1.807, 2.05) is 42.7 Å². The Bertz CT molecular complexity index is 984. The molecule has 0 aromatic heterocycles. The molecule has 0 saturated heterocycles. The number of hydrogen-bond donors (Lipinski definition) is 3. The topological polar surface area (TPSA) is 108 Å². The van der Waals surface area contributed by atoms with Crippen molar-refractivity contribution in [2.45, 2.75) is 24.4 Å². The van der Waals surface area contributed by atoms with Gasteiger partial charge in [0.1, 0.15) is 18.7 Å². The molecule has 0 heterocycles. The van der Waals surface area contributed by atoms with Crippen LogP contribution in [0.4, 0.5) is 4.79 Å². The number of carboxylic acids is 1. The quantitative estimate of drug-likeness (QED) is 0.449. The summed E-state index contributed by atoms with van der Waals surface area (Å²) in [4.78, 5) is 38.7. The summed E-state index contributed by atoms with van der Waals surface area (Å²) in [6.45, 7) is 0.326. The fourth-order valence-electron chi connectivity index (χ4n) is 4.11. The van der Waals surface area contributed by atoms with Gasteiger partial charge in [0.15, 0.2) is 0 Å². The normalized spacial score (nSPS) is 14.1. The van der Waals surface area contributed by atoms with Crippen LogP contribution in [0, 0.1) is 0 Å². The molecule has 3 rings (SSSR count). The lowest BCUT2D eigenvalue weighted by atomic mass is 9.98. The van der Waals surface area contributed by atoms with Crippen molar-refractivity contribution in [1.29, 1.82) is 0 Å². The summed E-state index contributed by atoms with van der Waals surface area (Å²) in [5.41, 5.74) is 4.44. The first-order valence-electron chi connectivity index (χ1n) is 11.1. The van der Waals surface area contributed by atoms with E-state index in [1.54, 1.807) is 19.0 Å². The molecule has 34 heavy (non-hydrogen) atoms. The highest BCUT2D eigenvalue weighted by atomic mass is 32.2. The van der Waals surface area contributed by atoms with Gasteiger partial charge in [-0.05, 0) is 54.8 Å². The Balaban J connectivity index is 1.65. The zero-order valence-corrected chi connectivity index (χ0v) is 20.4. The van der Waals surface area contributed by atoms with Gasteiger partial charge in [-0.1, -0.05) is 48.5 Å². The van der Waals surface area contributed by atoms with Crippen molar-refractivity contribution in [3.63, 3.8) is 0 Å². The van der Waals surface area contributed by atoms with Crippen LogP contribution < -0.4 is 10.6 Å². The molecule has 0 spiro atoms. The Labute approximate surface area is 204 Å². The number of aliphatic carboxylic acids is 1. The first kappa shape index (κ1) is 25.6. The molecule has 182 valence electrons. The van der Waals surface area contributed by atoms with Gasteiger partial charge in [0.25, 0.3) is 0 Å². The highest BCUT2D eigenvalue weighted by molar-refractivity contribution is 7.98. The van der Waals surface area contributed by atoms with Crippen LogP contribution in [0.25, 0.3) is 11.1 Å². The molecule has 0 bridgehead atoms. The van der Waals surface area contributed by atoms with Crippen LogP contribution in [0.3, 0.4) is 0 Å². The second-order valence-electron chi connectivity index (χ2n) is 8.47. The smallest absolute Gasteiger partial charge is 0.407 e. The van der Waals surface area contributed by atoms with Crippen LogP contribution in [0.2, 0.25) is 0 Å². The molecule has 1 unspecified atom stereocenters. The number of fused-ring (bicyclic) bond motifs is 3. The van der Waals surface area contributed by atoms with Gasteiger partial charge < -0.3 is 25.4 Å². The molecular weight excluding hydrogens is 454 g/mol. The fraction of sp³-hybridized carbons (Fsp3) is 0.400. The third-order valence-corrected chi connectivity index (χ3v) is 6.37. The second-order valence-corrected chi connectivity index (χ2v) is 9.45. The number of alkyl carbamates (subject to hydrolysis) is 1. The average Bonchev–Trinajstić information content (AvgIpc) is 3.13. The van der Waals surface area contributed by atoms with Gasteiger partial charge in [-0.25, -0.2) is 9.59 Å². The fourth-order valence-corrected chi connectivity index (χ4v) is 4.58. The molecule has 1 aliphatic rings. The summed E-state index contributed by atoms with van der Waals surface area (Å²) in [6.07, 6.45) is 1.44. The van der Waals surface area contributed by atoms with Crippen LogP contribution in [-0.4, -0.2) is 79.3 Å². The molecule has 1 aliphatic carbocycles. The number of benzene rings is 2. The molecule has 0 saturated carbocycles. The second kappa shape index (κ2) is 11.9. The third kappa shape index (κ3) is 6.30. The Morgan fingerprint density at radius 2 is 1.59 bits per heavy atom. The van der Waals surface area contributed by atoms with E-state index < -0.39 is 30.1 Å². The molecule has 2 amide bonds. The van der Waals surface area contributed by atoms with Gasteiger partial charge in [-0.15, -0.1) is 0 Å². The summed E-state index contributed by atoms with van der Waals surface area (Å²) >= 11 is 1.50. The van der Waals surface area contributed by atoms with Crippen LogP contribution in [0.1, 0.15) is 23.5 Å². The number of nitrogens with one attached hydrogen (secondary N) is 2. The maximum Gasteiger partial charge on any atom is 0.407 e. The highest BCUT2D eigenvalue weighted by Crippen LogP contribution is 2.44. The number of nitrogens with zero attached hydrogens (tertiary/aromatic N) is 1. The van der Waals surface area contributed by atoms with E-state index >= 15 is 0 Å². The van der Waals surface area contributed by atoms with Crippen molar-refractivity contribution in [2.75, 3.05) is 39.3 Å². The number of carbonyl (C=O) groups excluding carboxylic acids is 2. The van der Waals surface area contributed by atoms with Crippen LogP contribution in [0.5, 0.6) is 0 Å². The lowest BCUT2D eigenvalue weighted by Crippen LogP contribution is -2.55. The molecule has 8 nitrogen and oxygen atoms in total. The molecule has 0 radical (unpaired) electrons. The van der Waals surface area contributed by atoms with E-state index in [0.717, 1.165) is 22.3 Å². The molecule has 9 heteroatoms. The Morgan fingerprint density at radius 3 is 2.12 bits per heavy atom. The van der Waals surface area contributed by atoms with Gasteiger partial charge in [-0.3, -0.25) is 4.79 Å². The summed E-state index contributed by atoms with van der Waals surface area (Å²) in [5, 5.41) is 14.6. The van der Waals surface area contributed by atoms with Gasteiger partial charge in [0.05, 0.1) is 0 Å². The van der Waals surface area contributed by atoms with E-state index in [4.69, 9.17) is 4.74 Å². The standard InChI is InChI=1S/C25H31N3O5S/c1-28(2)14-22(23(29)26-21(24(30)31)12-13-34-3)27-25(32)33-15-20-18-10-6-4-8-16(18)17-9-5-7-11-19(17)20/h4-11,20-22H,12-15H2,1-3H3,(H,26,29)(H,27,32)(H,30,31)/t21?,22-/m0/s1. The van der Waals surface area contributed by atoms with Crippen molar-refractivity contribution < 1.29 is 24.2 Å². The highest BCUT2D eigenvalue weighted by Gasteiger charge is 2.30. The van der Waals surface area contributed by atoms with Crippen molar-refractivity contribution in [2.24, 2.45) is 0 Å². The van der Waals surface area contributed by atoms with Crippen LogP contribution in [0.15, 0.2) is 48.5 Å². The summed E-state index contributed by atoms with van der Waals surface area (Å²) in [7, 11) is 3.53. The SMILES string of the molecule is CSCCC(NC(=O)[C@H](CN(C)C)NC(=O)OCC1c2ccccc2-c2ccccc21)C(=O)O. The molecule has 2 aromatic rings. The molecule has 0 aliphatic heterocycles. The Morgan fingerprint density at radius 1 is 1.00 bits per heavy atom. The zero-order chi connectivity index (χ0) is 24.7. The average molecular weight is 486 g/mol. The summed E-state index contributed by atoms with van der Waals surface area (Å²) in [5.74, 6) is -1.17. The van der Waals surface area contributed by atoms with Crippen molar-refractivity contribution >= 4 is 29.7 Å². The van der Waals surface area contributed by atoms with Crippen molar-refractivity contribution in [3.05, 3.63) is 59.7 Å². The number of thioether (sulfide) groups is 1. The number of hydrogen-bond acceptors (Lipinski definition) is 6. The Hall–Kier alpha value is -3.04. The number of rotatable bonds is 11. The van der Waals surface area contributed by atoms with E-state index in [0.29, 0.717) is 12.2 Å². The minimum atomic E-state index is -1.10. The van der Waals surface area contributed by atoms with Crippen LogP contribution >= 0.6 is 11.8 Å². The van der Waals surface area contributed by atoms with Gasteiger partial charge >= 0.3 is 12.1 Å². The summed E-state index contributed by atoms with van der Waals surface area (Å²) in [6, 6.07) is 14.1. The number of ether oxygens (including phenoxy) is 1. The van der Waals surface area contributed by atoms with Gasteiger partial charge in [0.2, 0.25) is 5.91 Å². The van der Waals surface area contributed by atoms with Crippen molar-refractivity contribution in [1.82, 2.24) is 15.5 Å². The minimum Gasteiger partial charge on any atom is -0.480 e. The number of amides is 2. The maximum atomic E-state index is 12.8. The van der Waals surface area contributed by atoms with Gasteiger partial charge in [-0.2, -0.15) is 11.8 Å². The Kier molecular flexibility index (Phi) is 8.95. The third-order valence-electron chi connectivity index (χ3n) is 5.73.